The summed E-state index contributed by atoms with van der Waals surface area (Å²) in [5.41, 5.74) is 5.07. The van der Waals surface area contributed by atoms with Gasteiger partial charge in [-0.1, -0.05) is 17.7 Å². The summed E-state index contributed by atoms with van der Waals surface area (Å²) in [7, 11) is 0. The lowest BCUT2D eigenvalue weighted by molar-refractivity contribution is 0.102. The van der Waals surface area contributed by atoms with Crippen LogP contribution in [0.15, 0.2) is 36.4 Å². The minimum absolute atomic E-state index is 0.216. The van der Waals surface area contributed by atoms with Gasteiger partial charge < -0.3 is 20.1 Å². The maximum atomic E-state index is 12.8. The highest BCUT2D eigenvalue weighted by Crippen LogP contribution is 2.35. The molecule has 4 rings (SSSR count). The molecule has 0 saturated heterocycles. The third-order valence-electron chi connectivity index (χ3n) is 4.63. The molecule has 2 heterocycles. The van der Waals surface area contributed by atoms with Gasteiger partial charge in [0.15, 0.2) is 11.5 Å². The Morgan fingerprint density at radius 3 is 2.41 bits per heavy atom. The molecular weight excluding hydrogens is 368 g/mol. The average molecular weight is 390 g/mol. The van der Waals surface area contributed by atoms with E-state index >= 15 is 0 Å². The summed E-state index contributed by atoms with van der Waals surface area (Å²) in [4.78, 5) is 21.5. The summed E-state index contributed by atoms with van der Waals surface area (Å²) in [6, 6.07) is 11.2. The molecule has 0 aliphatic carbocycles. The molecule has 1 aromatic heterocycles. The number of aromatic nitrogens is 2. The molecule has 29 heavy (non-hydrogen) atoms. The lowest BCUT2D eigenvalue weighted by Gasteiger charge is -2.13. The van der Waals surface area contributed by atoms with Crippen molar-refractivity contribution < 1.29 is 14.3 Å². The Morgan fingerprint density at radius 2 is 1.66 bits per heavy atom. The highest BCUT2D eigenvalue weighted by Gasteiger charge is 2.16. The van der Waals surface area contributed by atoms with E-state index in [2.05, 4.69) is 20.6 Å². The van der Waals surface area contributed by atoms with Gasteiger partial charge in [-0.05, 0) is 51.0 Å². The minimum atomic E-state index is -0.278. The van der Waals surface area contributed by atoms with Crippen LogP contribution in [-0.2, 0) is 0 Å². The van der Waals surface area contributed by atoms with Crippen LogP contribution in [0.5, 0.6) is 11.5 Å². The highest BCUT2D eigenvalue weighted by molar-refractivity contribution is 6.04. The summed E-state index contributed by atoms with van der Waals surface area (Å²) in [6.45, 7) is 7.96. The van der Waals surface area contributed by atoms with E-state index in [4.69, 9.17) is 9.47 Å². The number of nitrogens with zero attached hydrogens (tertiary/aromatic N) is 2. The zero-order valence-corrected chi connectivity index (χ0v) is 16.8. The van der Waals surface area contributed by atoms with Gasteiger partial charge >= 0.3 is 0 Å². The Hall–Kier alpha value is -3.61. The maximum Gasteiger partial charge on any atom is 0.274 e. The quantitative estimate of drug-likeness (QED) is 0.685. The first-order chi connectivity index (χ1) is 13.9. The molecule has 7 nitrogen and oxygen atoms in total. The van der Waals surface area contributed by atoms with Gasteiger partial charge in [-0.2, -0.15) is 0 Å². The first-order valence-corrected chi connectivity index (χ1v) is 9.30. The van der Waals surface area contributed by atoms with Gasteiger partial charge in [-0.3, -0.25) is 4.79 Å². The molecule has 1 amide bonds. The van der Waals surface area contributed by atoms with E-state index in [1.54, 1.807) is 13.0 Å². The molecule has 0 unspecified atom stereocenters. The first-order valence-electron chi connectivity index (χ1n) is 9.30. The third-order valence-corrected chi connectivity index (χ3v) is 4.63. The van der Waals surface area contributed by atoms with Crippen molar-refractivity contribution in [3.05, 3.63) is 64.6 Å². The second-order valence-corrected chi connectivity index (χ2v) is 7.11. The van der Waals surface area contributed by atoms with E-state index in [1.165, 1.54) is 0 Å². The van der Waals surface area contributed by atoms with Crippen molar-refractivity contribution in [3.63, 3.8) is 0 Å². The number of hydrogen-bond donors (Lipinski definition) is 2. The molecule has 7 heteroatoms. The molecule has 0 spiro atoms. The van der Waals surface area contributed by atoms with E-state index in [0.29, 0.717) is 28.8 Å². The van der Waals surface area contributed by atoms with Crippen LogP contribution in [-0.4, -0.2) is 22.7 Å². The van der Waals surface area contributed by atoms with Crippen molar-refractivity contribution in [2.75, 3.05) is 17.4 Å². The van der Waals surface area contributed by atoms with Crippen molar-refractivity contribution in [2.45, 2.75) is 27.7 Å². The molecule has 1 aliphatic heterocycles. The number of amides is 1. The second-order valence-electron chi connectivity index (χ2n) is 7.11. The maximum absolute atomic E-state index is 12.8. The van der Waals surface area contributed by atoms with Crippen molar-refractivity contribution in [1.29, 1.82) is 0 Å². The van der Waals surface area contributed by atoms with Crippen LogP contribution in [0, 0.1) is 27.7 Å². The SMILES string of the molecule is Cc1cc(C)c(NC(=O)c2cc(Nc3ccc4c(c3)OCO4)nc(C)n2)c(C)c1. The lowest BCUT2D eigenvalue weighted by Crippen LogP contribution is -2.17. The van der Waals surface area contributed by atoms with Gasteiger partial charge in [-0.25, -0.2) is 9.97 Å². The Labute approximate surface area is 169 Å². The number of anilines is 3. The zero-order valence-electron chi connectivity index (χ0n) is 16.8. The van der Waals surface area contributed by atoms with Crippen LogP contribution in [0.3, 0.4) is 0 Å². The molecule has 1 aliphatic rings. The van der Waals surface area contributed by atoms with Gasteiger partial charge in [0.05, 0.1) is 0 Å². The Bertz CT molecular complexity index is 1090. The predicted molar refractivity (Wildman–Crippen MR) is 111 cm³/mol. The van der Waals surface area contributed by atoms with E-state index in [-0.39, 0.29) is 12.7 Å². The number of ether oxygens (including phenoxy) is 2. The van der Waals surface area contributed by atoms with Gasteiger partial charge in [0.25, 0.3) is 5.91 Å². The monoisotopic (exact) mass is 390 g/mol. The number of carbonyl (C=O) groups excluding carboxylic acids is 1. The van der Waals surface area contributed by atoms with Crippen LogP contribution in [0.4, 0.5) is 17.2 Å². The van der Waals surface area contributed by atoms with Gasteiger partial charge in [-0.15, -0.1) is 0 Å². The Morgan fingerprint density at radius 1 is 0.931 bits per heavy atom. The fraction of sp³-hybridized carbons (Fsp3) is 0.227. The van der Waals surface area contributed by atoms with Crippen LogP contribution < -0.4 is 20.1 Å². The van der Waals surface area contributed by atoms with E-state index in [0.717, 1.165) is 28.1 Å². The largest absolute Gasteiger partial charge is 0.454 e. The highest BCUT2D eigenvalue weighted by atomic mass is 16.7. The molecule has 0 fully saturated rings. The fourth-order valence-electron chi connectivity index (χ4n) is 3.42. The zero-order chi connectivity index (χ0) is 20.5. The van der Waals surface area contributed by atoms with E-state index in [9.17, 15) is 4.79 Å². The molecule has 0 atom stereocenters. The van der Waals surface area contributed by atoms with Crippen molar-refractivity contribution >= 4 is 23.1 Å². The molecule has 3 aromatic rings. The molecular formula is C22H22N4O3. The number of benzene rings is 2. The lowest BCUT2D eigenvalue weighted by atomic mass is 10.0. The molecule has 2 aromatic carbocycles. The number of rotatable bonds is 4. The van der Waals surface area contributed by atoms with Crippen molar-refractivity contribution in [3.8, 4) is 11.5 Å². The number of fused-ring (bicyclic) bond motifs is 1. The predicted octanol–water partition coefficient (Wildman–Crippen LogP) is 4.43. The van der Waals surface area contributed by atoms with Crippen LogP contribution in [0.25, 0.3) is 0 Å². The number of carbonyl (C=O) groups is 1. The summed E-state index contributed by atoms with van der Waals surface area (Å²) < 4.78 is 10.7. The Kier molecular flexibility index (Phi) is 4.80. The van der Waals surface area contributed by atoms with Gasteiger partial charge in [0.1, 0.15) is 17.3 Å². The summed E-state index contributed by atoms with van der Waals surface area (Å²) in [6.07, 6.45) is 0. The Balaban J connectivity index is 1.57. The molecule has 0 saturated carbocycles. The summed E-state index contributed by atoms with van der Waals surface area (Å²) in [5, 5.41) is 6.18. The normalized spacial score (nSPS) is 12.0. The summed E-state index contributed by atoms with van der Waals surface area (Å²) in [5.74, 6) is 2.12. The second kappa shape index (κ2) is 7.43. The minimum Gasteiger partial charge on any atom is -0.454 e. The summed E-state index contributed by atoms with van der Waals surface area (Å²) >= 11 is 0. The first kappa shape index (κ1) is 18.7. The number of aryl methyl sites for hydroxylation is 4. The number of nitrogens with one attached hydrogen (secondary N) is 2. The smallest absolute Gasteiger partial charge is 0.274 e. The average Bonchev–Trinajstić information content (AvgIpc) is 3.11. The topological polar surface area (TPSA) is 85.4 Å². The van der Waals surface area contributed by atoms with Crippen LogP contribution >= 0.6 is 0 Å². The van der Waals surface area contributed by atoms with Crippen molar-refractivity contribution in [2.24, 2.45) is 0 Å². The molecule has 2 N–H and O–H groups in total. The third kappa shape index (κ3) is 3.99. The fourth-order valence-corrected chi connectivity index (χ4v) is 3.42. The van der Waals surface area contributed by atoms with Gasteiger partial charge in [0.2, 0.25) is 6.79 Å². The van der Waals surface area contributed by atoms with Crippen LogP contribution in [0.2, 0.25) is 0 Å². The van der Waals surface area contributed by atoms with Crippen molar-refractivity contribution in [1.82, 2.24) is 9.97 Å². The standard InChI is InChI=1S/C22H22N4O3/c1-12-7-13(2)21(14(3)8-12)26-22(27)17-10-20(24-15(4)23-17)25-16-5-6-18-19(9-16)29-11-28-18/h5-10H,11H2,1-4H3,(H,26,27)(H,23,24,25). The molecule has 148 valence electrons. The molecule has 0 radical (unpaired) electrons. The van der Waals surface area contributed by atoms with E-state index < -0.39 is 0 Å². The molecule has 0 bridgehead atoms. The van der Waals surface area contributed by atoms with E-state index in [1.807, 2.05) is 51.1 Å². The van der Waals surface area contributed by atoms with Crippen LogP contribution in [0.1, 0.15) is 33.0 Å². The number of hydrogen-bond acceptors (Lipinski definition) is 6. The van der Waals surface area contributed by atoms with Gasteiger partial charge in [0, 0.05) is 23.5 Å².